The van der Waals surface area contributed by atoms with Gasteiger partial charge in [-0.25, -0.2) is 0 Å². The Hall–Kier alpha value is 0.0569. The van der Waals surface area contributed by atoms with Gasteiger partial charge in [-0.2, -0.15) is 0 Å². The van der Waals surface area contributed by atoms with E-state index in [0.29, 0.717) is 26.4 Å². The van der Waals surface area contributed by atoms with Crippen molar-refractivity contribution in [1.29, 1.82) is 0 Å². The molecule has 0 aliphatic carbocycles. The van der Waals surface area contributed by atoms with E-state index in [1.54, 1.807) is 0 Å². The third kappa shape index (κ3) is 9.88. The molecule has 0 saturated heterocycles. The second-order valence-corrected chi connectivity index (χ2v) is 6.92. The molecule has 0 spiro atoms. The molecule has 0 rings (SSSR count). The SMILES string of the molecule is CCCCCCCCCO[Si](OCC)(OCC)OCC. The number of unbranched alkanes of at least 4 members (excludes halogenated alkanes) is 6. The minimum atomic E-state index is -2.88. The quantitative estimate of drug-likeness (QED) is 0.334. The van der Waals surface area contributed by atoms with Gasteiger partial charge in [0.05, 0.1) is 0 Å². The van der Waals surface area contributed by atoms with Crippen LogP contribution in [-0.2, 0) is 17.7 Å². The molecule has 0 bridgehead atoms. The Balaban J connectivity index is 3.82. The van der Waals surface area contributed by atoms with Crippen molar-refractivity contribution in [3.05, 3.63) is 0 Å². The third-order valence-corrected chi connectivity index (χ3v) is 5.47. The fourth-order valence-electron chi connectivity index (χ4n) is 2.04. The maximum Gasteiger partial charge on any atom is 0.679 e. The van der Waals surface area contributed by atoms with E-state index in [2.05, 4.69) is 6.92 Å². The van der Waals surface area contributed by atoms with Gasteiger partial charge < -0.3 is 17.7 Å². The van der Waals surface area contributed by atoms with Crippen LogP contribution >= 0.6 is 0 Å². The molecular weight excluding hydrogens is 272 g/mol. The number of hydrogen-bond donors (Lipinski definition) is 0. The molecule has 0 atom stereocenters. The molecule has 0 amide bonds. The molecule has 0 radical (unpaired) electrons. The van der Waals surface area contributed by atoms with Gasteiger partial charge in [0.25, 0.3) is 0 Å². The van der Waals surface area contributed by atoms with Crippen molar-refractivity contribution in [1.82, 2.24) is 0 Å². The normalized spacial score (nSPS) is 12.0. The van der Waals surface area contributed by atoms with Crippen LogP contribution < -0.4 is 0 Å². The van der Waals surface area contributed by atoms with Crippen molar-refractivity contribution >= 4 is 9.05 Å². The summed E-state index contributed by atoms with van der Waals surface area (Å²) in [6.07, 6.45) is 8.88. The fourth-order valence-corrected chi connectivity index (χ4v) is 3.99. The monoisotopic (exact) mass is 306 g/mol. The zero-order chi connectivity index (χ0) is 15.1. The van der Waals surface area contributed by atoms with E-state index >= 15 is 0 Å². The predicted molar refractivity (Wildman–Crippen MR) is 84.6 cm³/mol. The summed E-state index contributed by atoms with van der Waals surface area (Å²) in [4.78, 5) is 0. The molecule has 0 aromatic rings. The van der Waals surface area contributed by atoms with E-state index in [-0.39, 0.29) is 0 Å². The first-order chi connectivity index (χ1) is 9.74. The second kappa shape index (κ2) is 14.0. The highest BCUT2D eigenvalue weighted by atomic mass is 28.4. The van der Waals surface area contributed by atoms with Gasteiger partial charge in [-0.15, -0.1) is 0 Å². The van der Waals surface area contributed by atoms with E-state index in [1.807, 2.05) is 20.8 Å². The van der Waals surface area contributed by atoms with Gasteiger partial charge in [-0.3, -0.25) is 0 Å². The Kier molecular flexibility index (Phi) is 14.1. The summed E-state index contributed by atoms with van der Waals surface area (Å²) in [7, 11) is -2.88. The van der Waals surface area contributed by atoms with E-state index in [1.165, 1.54) is 38.5 Å². The van der Waals surface area contributed by atoms with Gasteiger partial charge in [0, 0.05) is 26.4 Å². The summed E-state index contributed by atoms with van der Waals surface area (Å²) in [5.74, 6) is 0. The summed E-state index contributed by atoms with van der Waals surface area (Å²) in [6.45, 7) is 10.4. The van der Waals surface area contributed by atoms with E-state index in [0.717, 1.165) is 6.42 Å². The van der Waals surface area contributed by atoms with Crippen LogP contribution in [0.2, 0.25) is 0 Å². The van der Waals surface area contributed by atoms with Crippen LogP contribution in [0.4, 0.5) is 0 Å². The van der Waals surface area contributed by atoms with Crippen molar-refractivity contribution in [3.63, 3.8) is 0 Å². The molecule has 0 fully saturated rings. The van der Waals surface area contributed by atoms with Crippen LogP contribution in [0.1, 0.15) is 72.6 Å². The highest BCUT2D eigenvalue weighted by Gasteiger charge is 2.44. The first kappa shape index (κ1) is 20.1. The summed E-state index contributed by atoms with van der Waals surface area (Å²) in [6, 6.07) is 0. The Morgan fingerprint density at radius 3 is 1.45 bits per heavy atom. The van der Waals surface area contributed by atoms with Crippen LogP contribution in [-0.4, -0.2) is 35.5 Å². The van der Waals surface area contributed by atoms with Crippen molar-refractivity contribution in [2.45, 2.75) is 72.6 Å². The molecule has 5 heteroatoms. The van der Waals surface area contributed by atoms with Gasteiger partial charge in [-0.1, -0.05) is 45.4 Å². The standard InChI is InChI=1S/C15H34O4Si/c1-5-9-10-11-12-13-14-15-19-20(16-6-2,17-7-3)18-8-4/h5-15H2,1-4H3. The fraction of sp³-hybridized carbons (Fsp3) is 1.00. The second-order valence-electron chi connectivity index (χ2n) is 4.77. The van der Waals surface area contributed by atoms with E-state index < -0.39 is 9.05 Å². The summed E-state index contributed by atoms with van der Waals surface area (Å²) < 4.78 is 22.8. The highest BCUT2D eigenvalue weighted by molar-refractivity contribution is 6.53. The lowest BCUT2D eigenvalue weighted by molar-refractivity contribution is -0.0280. The smallest absolute Gasteiger partial charge is 0.351 e. The van der Waals surface area contributed by atoms with Gasteiger partial charge in [0.15, 0.2) is 0 Å². The molecule has 0 aliphatic rings. The first-order valence-corrected chi connectivity index (χ1v) is 9.93. The minimum absolute atomic E-state index is 0.559. The summed E-state index contributed by atoms with van der Waals surface area (Å²) in [5.41, 5.74) is 0. The maximum absolute atomic E-state index is 5.85. The topological polar surface area (TPSA) is 36.9 Å². The van der Waals surface area contributed by atoms with Gasteiger partial charge in [0.2, 0.25) is 0 Å². The Labute approximate surface area is 126 Å². The lowest BCUT2D eigenvalue weighted by Gasteiger charge is -2.26. The predicted octanol–water partition coefficient (Wildman–Crippen LogP) is 4.30. The van der Waals surface area contributed by atoms with E-state index in [4.69, 9.17) is 17.7 Å². The van der Waals surface area contributed by atoms with E-state index in [9.17, 15) is 0 Å². The van der Waals surface area contributed by atoms with Crippen LogP contribution in [0.15, 0.2) is 0 Å². The maximum atomic E-state index is 5.85. The average molecular weight is 307 g/mol. The molecular formula is C15H34O4Si. The zero-order valence-electron chi connectivity index (χ0n) is 13.9. The Morgan fingerprint density at radius 1 is 0.550 bits per heavy atom. The average Bonchev–Trinajstić information content (AvgIpc) is 2.43. The molecule has 0 aromatic carbocycles. The van der Waals surface area contributed by atoms with Crippen LogP contribution in [0.5, 0.6) is 0 Å². The molecule has 0 aliphatic heterocycles. The van der Waals surface area contributed by atoms with Crippen molar-refractivity contribution in [3.8, 4) is 0 Å². The van der Waals surface area contributed by atoms with Gasteiger partial charge in [0.1, 0.15) is 0 Å². The highest BCUT2D eigenvalue weighted by Crippen LogP contribution is 2.14. The molecule has 20 heavy (non-hydrogen) atoms. The summed E-state index contributed by atoms with van der Waals surface area (Å²) in [5, 5.41) is 0. The van der Waals surface area contributed by atoms with Crippen LogP contribution in [0.25, 0.3) is 0 Å². The lowest BCUT2D eigenvalue weighted by Crippen LogP contribution is -2.49. The number of hydrogen-bond acceptors (Lipinski definition) is 4. The van der Waals surface area contributed by atoms with Gasteiger partial charge in [-0.05, 0) is 27.2 Å². The molecule has 4 nitrogen and oxygen atoms in total. The summed E-state index contributed by atoms with van der Waals surface area (Å²) >= 11 is 0. The molecule has 0 heterocycles. The van der Waals surface area contributed by atoms with Crippen LogP contribution in [0.3, 0.4) is 0 Å². The minimum Gasteiger partial charge on any atom is -0.351 e. The van der Waals surface area contributed by atoms with Crippen molar-refractivity contribution < 1.29 is 17.7 Å². The molecule has 0 saturated carbocycles. The zero-order valence-corrected chi connectivity index (χ0v) is 14.9. The largest absolute Gasteiger partial charge is 0.679 e. The van der Waals surface area contributed by atoms with Crippen LogP contribution in [0, 0.1) is 0 Å². The van der Waals surface area contributed by atoms with Gasteiger partial charge >= 0.3 is 9.05 Å². The molecule has 0 N–H and O–H groups in total. The Bertz CT molecular complexity index is 185. The molecule has 122 valence electrons. The number of rotatable bonds is 15. The molecule has 0 aromatic heterocycles. The Morgan fingerprint density at radius 2 is 1.00 bits per heavy atom. The third-order valence-electron chi connectivity index (χ3n) is 2.99. The lowest BCUT2D eigenvalue weighted by atomic mass is 10.1. The first-order valence-electron chi connectivity index (χ1n) is 8.30. The van der Waals surface area contributed by atoms with Crippen molar-refractivity contribution in [2.75, 3.05) is 26.4 Å². The molecule has 0 unspecified atom stereocenters. The van der Waals surface area contributed by atoms with Crippen molar-refractivity contribution in [2.24, 2.45) is 0 Å².